The van der Waals surface area contributed by atoms with Crippen molar-refractivity contribution in [2.24, 2.45) is 0 Å². The van der Waals surface area contributed by atoms with Crippen LogP contribution >= 0.6 is 0 Å². The van der Waals surface area contributed by atoms with Gasteiger partial charge >= 0.3 is 0 Å². The summed E-state index contributed by atoms with van der Waals surface area (Å²) in [5, 5.41) is 6.19. The van der Waals surface area contributed by atoms with Crippen LogP contribution in [0.25, 0.3) is 0 Å². The Hall–Kier alpha value is -3.02. The van der Waals surface area contributed by atoms with Crippen LogP contribution in [0.15, 0.2) is 54.2 Å². The predicted octanol–water partition coefficient (Wildman–Crippen LogP) is 4.20. The highest BCUT2D eigenvalue weighted by atomic mass is 16.5. The summed E-state index contributed by atoms with van der Waals surface area (Å²) in [5.74, 6) is 2.11. The third kappa shape index (κ3) is 6.82. The van der Waals surface area contributed by atoms with E-state index in [2.05, 4.69) is 21.7 Å². The summed E-state index contributed by atoms with van der Waals surface area (Å²) in [4.78, 5) is 16.7. The standard InChI is InChI=1S/C23H29N3O3/c1-28-20-7-9-21(10-8-20)29-16-15-26-23(27)19-12-14-25-22(17-19)24-13-11-18-5-3-2-4-6-18/h5,7-10,12,14,17H,2-4,6,11,13,15-16H2,1H3,(H,24,25)(H,26,27). The Morgan fingerprint density at radius 2 is 1.93 bits per heavy atom. The highest BCUT2D eigenvalue weighted by Gasteiger charge is 2.07. The van der Waals surface area contributed by atoms with E-state index >= 15 is 0 Å². The number of aromatic nitrogens is 1. The number of carbonyl (C=O) groups is 1. The first kappa shape index (κ1) is 20.7. The van der Waals surface area contributed by atoms with Gasteiger partial charge in [0.1, 0.15) is 23.9 Å². The van der Waals surface area contributed by atoms with Crippen molar-refractivity contribution < 1.29 is 14.3 Å². The summed E-state index contributed by atoms with van der Waals surface area (Å²) in [6.07, 6.45) is 10.0. The smallest absolute Gasteiger partial charge is 0.251 e. The predicted molar refractivity (Wildman–Crippen MR) is 115 cm³/mol. The molecule has 0 atom stereocenters. The largest absolute Gasteiger partial charge is 0.497 e. The first-order chi connectivity index (χ1) is 14.2. The van der Waals surface area contributed by atoms with E-state index in [1.807, 2.05) is 24.3 Å². The summed E-state index contributed by atoms with van der Waals surface area (Å²) in [6.45, 7) is 1.65. The summed E-state index contributed by atoms with van der Waals surface area (Å²) >= 11 is 0. The van der Waals surface area contributed by atoms with Crippen LogP contribution in [0.2, 0.25) is 0 Å². The maximum Gasteiger partial charge on any atom is 0.251 e. The zero-order valence-corrected chi connectivity index (χ0v) is 16.9. The summed E-state index contributed by atoms with van der Waals surface area (Å²) < 4.78 is 10.7. The molecule has 3 rings (SSSR count). The Balaban J connectivity index is 1.39. The monoisotopic (exact) mass is 395 g/mol. The third-order valence-electron chi connectivity index (χ3n) is 4.88. The minimum Gasteiger partial charge on any atom is -0.497 e. The maximum atomic E-state index is 12.4. The molecule has 1 aromatic carbocycles. The zero-order valence-electron chi connectivity index (χ0n) is 16.9. The van der Waals surface area contributed by atoms with Crippen LogP contribution < -0.4 is 20.1 Å². The highest BCUT2D eigenvalue weighted by molar-refractivity contribution is 5.94. The number of ether oxygens (including phenoxy) is 2. The van der Waals surface area contributed by atoms with Crippen LogP contribution in [0.5, 0.6) is 11.5 Å². The van der Waals surface area contributed by atoms with E-state index in [1.165, 1.54) is 31.3 Å². The quantitative estimate of drug-likeness (QED) is 0.466. The van der Waals surface area contributed by atoms with Gasteiger partial charge in [0.15, 0.2) is 0 Å². The summed E-state index contributed by atoms with van der Waals surface area (Å²) in [5.41, 5.74) is 2.11. The van der Waals surface area contributed by atoms with Gasteiger partial charge in [-0.05, 0) is 68.5 Å². The number of rotatable bonds is 10. The van der Waals surface area contributed by atoms with E-state index in [1.54, 1.807) is 25.4 Å². The van der Waals surface area contributed by atoms with Crippen LogP contribution in [0.3, 0.4) is 0 Å². The number of benzene rings is 1. The molecule has 0 fully saturated rings. The second-order valence-corrected chi connectivity index (χ2v) is 6.99. The molecule has 0 unspecified atom stereocenters. The molecule has 6 nitrogen and oxygen atoms in total. The van der Waals surface area contributed by atoms with Gasteiger partial charge in [0, 0.05) is 18.3 Å². The molecule has 0 saturated carbocycles. The van der Waals surface area contributed by atoms with E-state index in [4.69, 9.17) is 9.47 Å². The van der Waals surface area contributed by atoms with E-state index in [0.29, 0.717) is 18.7 Å². The van der Waals surface area contributed by atoms with Gasteiger partial charge in [0.25, 0.3) is 5.91 Å². The number of nitrogens with zero attached hydrogens (tertiary/aromatic N) is 1. The fraction of sp³-hybridized carbons (Fsp3) is 0.391. The average Bonchev–Trinajstić information content (AvgIpc) is 2.78. The third-order valence-corrected chi connectivity index (χ3v) is 4.88. The van der Waals surface area contributed by atoms with Crippen molar-refractivity contribution in [2.75, 3.05) is 32.1 Å². The minimum absolute atomic E-state index is 0.135. The van der Waals surface area contributed by atoms with Gasteiger partial charge < -0.3 is 20.1 Å². The maximum absolute atomic E-state index is 12.4. The van der Waals surface area contributed by atoms with Gasteiger partial charge in [0.05, 0.1) is 13.7 Å². The lowest BCUT2D eigenvalue weighted by Crippen LogP contribution is -2.28. The normalized spacial score (nSPS) is 13.3. The topological polar surface area (TPSA) is 72.5 Å². The van der Waals surface area contributed by atoms with Gasteiger partial charge in [-0.3, -0.25) is 4.79 Å². The van der Waals surface area contributed by atoms with Gasteiger partial charge in [-0.2, -0.15) is 0 Å². The molecular formula is C23H29N3O3. The number of methoxy groups -OCH3 is 1. The number of hydrogen-bond acceptors (Lipinski definition) is 5. The molecule has 2 N–H and O–H groups in total. The second-order valence-electron chi connectivity index (χ2n) is 6.99. The fourth-order valence-electron chi connectivity index (χ4n) is 3.26. The molecule has 1 aliphatic carbocycles. The molecule has 0 spiro atoms. The van der Waals surface area contributed by atoms with Crippen molar-refractivity contribution in [1.29, 1.82) is 0 Å². The lowest BCUT2D eigenvalue weighted by atomic mass is 9.97. The molecule has 0 aliphatic heterocycles. The molecule has 0 saturated heterocycles. The van der Waals surface area contributed by atoms with Crippen LogP contribution in [0.1, 0.15) is 42.5 Å². The Kier molecular flexibility index (Phi) is 7.92. The van der Waals surface area contributed by atoms with Gasteiger partial charge in [-0.25, -0.2) is 4.98 Å². The van der Waals surface area contributed by atoms with E-state index in [9.17, 15) is 4.79 Å². The lowest BCUT2D eigenvalue weighted by Gasteiger charge is -2.13. The molecule has 29 heavy (non-hydrogen) atoms. The van der Waals surface area contributed by atoms with Crippen LogP contribution in [0, 0.1) is 0 Å². The number of carbonyl (C=O) groups excluding carboxylic acids is 1. The van der Waals surface area contributed by atoms with Crippen molar-refractivity contribution in [2.45, 2.75) is 32.1 Å². The Morgan fingerprint density at radius 1 is 1.10 bits per heavy atom. The molecule has 1 aromatic heterocycles. The Morgan fingerprint density at radius 3 is 2.69 bits per heavy atom. The number of hydrogen-bond donors (Lipinski definition) is 2. The molecule has 1 aliphatic rings. The van der Waals surface area contributed by atoms with Crippen LogP contribution in [0.4, 0.5) is 5.82 Å². The molecule has 0 bridgehead atoms. The van der Waals surface area contributed by atoms with E-state index in [-0.39, 0.29) is 5.91 Å². The van der Waals surface area contributed by atoms with Crippen molar-refractivity contribution in [3.8, 4) is 11.5 Å². The van der Waals surface area contributed by atoms with Crippen LogP contribution in [-0.2, 0) is 0 Å². The second kappa shape index (κ2) is 11.1. The Bertz CT molecular complexity index is 818. The Labute approximate surface area is 172 Å². The van der Waals surface area contributed by atoms with Crippen molar-refractivity contribution in [3.05, 3.63) is 59.8 Å². The molecule has 6 heteroatoms. The lowest BCUT2D eigenvalue weighted by molar-refractivity contribution is 0.0947. The van der Waals surface area contributed by atoms with Crippen molar-refractivity contribution >= 4 is 11.7 Å². The molecule has 1 heterocycles. The fourth-order valence-corrected chi connectivity index (χ4v) is 3.26. The number of allylic oxidation sites excluding steroid dienone is 1. The van der Waals surface area contributed by atoms with Crippen molar-refractivity contribution in [1.82, 2.24) is 10.3 Å². The first-order valence-corrected chi connectivity index (χ1v) is 10.2. The summed E-state index contributed by atoms with van der Waals surface area (Å²) in [6, 6.07) is 10.9. The molecule has 1 amide bonds. The highest BCUT2D eigenvalue weighted by Crippen LogP contribution is 2.20. The number of pyridine rings is 1. The van der Waals surface area contributed by atoms with Gasteiger partial charge in [0.2, 0.25) is 0 Å². The number of nitrogens with one attached hydrogen (secondary N) is 2. The SMILES string of the molecule is COc1ccc(OCCNC(=O)c2ccnc(NCCC3=CCCCC3)c2)cc1. The zero-order chi connectivity index (χ0) is 20.3. The number of anilines is 1. The average molecular weight is 396 g/mol. The van der Waals surface area contributed by atoms with Crippen LogP contribution in [-0.4, -0.2) is 37.7 Å². The molecule has 0 radical (unpaired) electrons. The molecular weight excluding hydrogens is 366 g/mol. The van der Waals surface area contributed by atoms with E-state index < -0.39 is 0 Å². The molecule has 154 valence electrons. The van der Waals surface area contributed by atoms with E-state index in [0.717, 1.165) is 30.3 Å². The first-order valence-electron chi connectivity index (χ1n) is 10.2. The number of amides is 1. The molecule has 2 aromatic rings. The van der Waals surface area contributed by atoms with Crippen molar-refractivity contribution in [3.63, 3.8) is 0 Å². The van der Waals surface area contributed by atoms with Gasteiger partial charge in [-0.15, -0.1) is 0 Å². The minimum atomic E-state index is -0.135. The summed E-state index contributed by atoms with van der Waals surface area (Å²) in [7, 11) is 1.62. The van der Waals surface area contributed by atoms with Gasteiger partial charge in [-0.1, -0.05) is 11.6 Å².